The Morgan fingerprint density at radius 3 is 2.65 bits per heavy atom. The van der Waals surface area contributed by atoms with Crippen molar-refractivity contribution in [3.8, 4) is 0 Å². The molecule has 2 unspecified atom stereocenters. The molecule has 2 atom stereocenters. The molecule has 1 heterocycles. The molecular formula is C15H17FN2O2. The molecule has 1 aromatic rings. The summed E-state index contributed by atoms with van der Waals surface area (Å²) in [5.74, 6) is -0.584. The molecular weight excluding hydrogens is 259 g/mol. The molecule has 1 aliphatic heterocycles. The maximum Gasteiger partial charge on any atom is 0.247 e. The van der Waals surface area contributed by atoms with E-state index in [2.05, 4.69) is 5.32 Å². The van der Waals surface area contributed by atoms with Gasteiger partial charge in [-0.2, -0.15) is 0 Å². The number of hydrogen-bond acceptors (Lipinski definition) is 3. The van der Waals surface area contributed by atoms with Crippen molar-refractivity contribution in [1.29, 1.82) is 0 Å². The predicted molar refractivity (Wildman–Crippen MR) is 71.2 cm³/mol. The first-order chi connectivity index (χ1) is 9.58. The zero-order valence-corrected chi connectivity index (χ0v) is 11.3. The summed E-state index contributed by atoms with van der Waals surface area (Å²) in [4.78, 5) is 25.4. The monoisotopic (exact) mass is 276 g/mol. The van der Waals surface area contributed by atoms with Crippen molar-refractivity contribution in [2.24, 2.45) is 0 Å². The van der Waals surface area contributed by atoms with Crippen molar-refractivity contribution in [3.63, 3.8) is 0 Å². The van der Waals surface area contributed by atoms with Gasteiger partial charge in [0.1, 0.15) is 5.82 Å². The van der Waals surface area contributed by atoms with E-state index in [0.717, 1.165) is 12.8 Å². The normalized spacial score (nSPS) is 24.3. The Bertz CT molecular complexity index is 557. The number of benzene rings is 1. The van der Waals surface area contributed by atoms with E-state index < -0.39 is 6.04 Å². The van der Waals surface area contributed by atoms with E-state index in [1.54, 1.807) is 25.1 Å². The van der Waals surface area contributed by atoms with Crippen molar-refractivity contribution in [2.45, 2.75) is 44.3 Å². The van der Waals surface area contributed by atoms with Gasteiger partial charge in [-0.25, -0.2) is 4.39 Å². The van der Waals surface area contributed by atoms with Gasteiger partial charge in [0.2, 0.25) is 11.8 Å². The van der Waals surface area contributed by atoms with Crippen LogP contribution in [-0.4, -0.2) is 28.8 Å². The second-order valence-electron chi connectivity index (χ2n) is 5.50. The molecule has 0 spiro atoms. The van der Waals surface area contributed by atoms with Crippen LogP contribution in [0.15, 0.2) is 24.3 Å². The van der Waals surface area contributed by atoms with Gasteiger partial charge < -0.3 is 0 Å². The minimum absolute atomic E-state index is 0.102. The molecule has 106 valence electrons. The number of carbonyl (C=O) groups excluding carboxylic acids is 2. The highest BCUT2D eigenvalue weighted by Gasteiger charge is 2.46. The summed E-state index contributed by atoms with van der Waals surface area (Å²) in [5, 5.41) is 3.08. The van der Waals surface area contributed by atoms with Gasteiger partial charge >= 0.3 is 0 Å². The first-order valence-electron chi connectivity index (χ1n) is 6.94. The largest absolute Gasteiger partial charge is 0.299 e. The molecule has 0 aromatic heterocycles. The van der Waals surface area contributed by atoms with Crippen molar-refractivity contribution < 1.29 is 14.0 Å². The smallest absolute Gasteiger partial charge is 0.247 e. The zero-order valence-electron chi connectivity index (χ0n) is 11.3. The number of imide groups is 1. The van der Waals surface area contributed by atoms with Crippen LogP contribution in [0.2, 0.25) is 0 Å². The number of amides is 2. The van der Waals surface area contributed by atoms with Gasteiger partial charge in [0, 0.05) is 17.6 Å². The maximum absolute atomic E-state index is 13.7. The minimum Gasteiger partial charge on any atom is -0.299 e. The van der Waals surface area contributed by atoms with Crippen LogP contribution in [0.3, 0.4) is 0 Å². The van der Waals surface area contributed by atoms with E-state index in [4.69, 9.17) is 0 Å². The molecule has 0 bridgehead atoms. The molecule has 2 amide bonds. The summed E-state index contributed by atoms with van der Waals surface area (Å²) in [5.41, 5.74) is 0.512. The van der Waals surface area contributed by atoms with E-state index in [-0.39, 0.29) is 36.1 Å². The third-order valence-electron chi connectivity index (χ3n) is 3.92. The van der Waals surface area contributed by atoms with E-state index in [1.165, 1.54) is 11.0 Å². The van der Waals surface area contributed by atoms with Crippen LogP contribution in [0, 0.1) is 5.82 Å². The lowest BCUT2D eigenvalue weighted by Gasteiger charge is -2.19. The van der Waals surface area contributed by atoms with E-state index in [1.807, 2.05) is 0 Å². The van der Waals surface area contributed by atoms with Crippen LogP contribution < -0.4 is 5.32 Å². The third-order valence-corrected chi connectivity index (χ3v) is 3.92. The van der Waals surface area contributed by atoms with Crippen LogP contribution in [0.25, 0.3) is 0 Å². The fourth-order valence-electron chi connectivity index (χ4n) is 2.72. The van der Waals surface area contributed by atoms with Gasteiger partial charge in [0.15, 0.2) is 0 Å². The summed E-state index contributed by atoms with van der Waals surface area (Å²) in [6.45, 7) is 1.80. The lowest BCUT2D eigenvalue weighted by atomic mass is 10.1. The van der Waals surface area contributed by atoms with Crippen molar-refractivity contribution >= 4 is 11.8 Å². The Kier molecular flexibility index (Phi) is 3.30. The highest BCUT2D eigenvalue weighted by atomic mass is 19.1. The highest BCUT2D eigenvalue weighted by Crippen LogP contribution is 2.32. The Balaban J connectivity index is 1.70. The maximum atomic E-state index is 13.7. The van der Waals surface area contributed by atoms with Gasteiger partial charge in [0.25, 0.3) is 0 Å². The summed E-state index contributed by atoms with van der Waals surface area (Å²) >= 11 is 0. The number of halogens is 1. The first kappa shape index (κ1) is 13.2. The molecule has 1 saturated heterocycles. The number of likely N-dealkylation sites (tertiary alicyclic amines) is 1. The average molecular weight is 276 g/mol. The summed E-state index contributed by atoms with van der Waals surface area (Å²) in [6, 6.07) is 5.73. The first-order valence-corrected chi connectivity index (χ1v) is 6.94. The van der Waals surface area contributed by atoms with Crippen LogP contribution in [0.4, 0.5) is 4.39 Å². The van der Waals surface area contributed by atoms with E-state index >= 15 is 0 Å². The quantitative estimate of drug-likeness (QED) is 0.853. The molecule has 0 radical (unpaired) electrons. The van der Waals surface area contributed by atoms with Crippen LogP contribution in [0.1, 0.15) is 37.8 Å². The number of rotatable bonds is 4. The second kappa shape index (κ2) is 4.98. The molecule has 1 N–H and O–H groups in total. The molecule has 20 heavy (non-hydrogen) atoms. The minimum atomic E-state index is -0.530. The fourth-order valence-corrected chi connectivity index (χ4v) is 2.72. The Hall–Kier alpha value is -1.75. The molecule has 3 rings (SSSR count). The van der Waals surface area contributed by atoms with Gasteiger partial charge in [-0.15, -0.1) is 0 Å². The van der Waals surface area contributed by atoms with Gasteiger partial charge in [0.05, 0.1) is 12.5 Å². The average Bonchev–Trinajstić information content (AvgIpc) is 3.19. The predicted octanol–water partition coefficient (Wildman–Crippen LogP) is 1.77. The highest BCUT2D eigenvalue weighted by molar-refractivity contribution is 6.06. The van der Waals surface area contributed by atoms with Crippen molar-refractivity contribution in [2.75, 3.05) is 0 Å². The summed E-state index contributed by atoms with van der Waals surface area (Å²) in [6.07, 6.45) is 1.99. The van der Waals surface area contributed by atoms with Crippen molar-refractivity contribution in [1.82, 2.24) is 10.2 Å². The van der Waals surface area contributed by atoms with E-state index in [9.17, 15) is 14.0 Å². The number of nitrogens with zero attached hydrogens (tertiary/aromatic N) is 1. The molecule has 4 nitrogen and oxygen atoms in total. The molecule has 1 aliphatic carbocycles. The van der Waals surface area contributed by atoms with Gasteiger partial charge in [-0.3, -0.25) is 19.8 Å². The molecule has 2 aliphatic rings. The standard InChI is InChI=1S/C15H17FN2O2/c1-9(11-4-2-3-5-12(11)16)17-13-8-14(19)18(15(13)20)10-6-7-10/h2-5,9-10,13,17H,6-8H2,1H3. The van der Waals surface area contributed by atoms with Crippen LogP contribution >= 0.6 is 0 Å². The molecule has 2 fully saturated rings. The number of carbonyl (C=O) groups is 2. The Morgan fingerprint density at radius 1 is 1.30 bits per heavy atom. The van der Waals surface area contributed by atoms with Crippen LogP contribution in [0.5, 0.6) is 0 Å². The molecule has 1 aromatic carbocycles. The van der Waals surface area contributed by atoms with Crippen molar-refractivity contribution in [3.05, 3.63) is 35.6 Å². The van der Waals surface area contributed by atoms with Crippen LogP contribution in [-0.2, 0) is 9.59 Å². The summed E-state index contributed by atoms with van der Waals surface area (Å²) in [7, 11) is 0. The molecule has 1 saturated carbocycles. The lowest BCUT2D eigenvalue weighted by molar-refractivity contribution is -0.139. The topological polar surface area (TPSA) is 49.4 Å². The summed E-state index contributed by atoms with van der Waals surface area (Å²) < 4.78 is 13.7. The number of nitrogens with one attached hydrogen (secondary N) is 1. The SMILES string of the molecule is CC(NC1CC(=O)N(C2CC2)C1=O)c1ccccc1F. The third kappa shape index (κ3) is 2.33. The fraction of sp³-hybridized carbons (Fsp3) is 0.467. The van der Waals surface area contributed by atoms with E-state index in [0.29, 0.717) is 5.56 Å². The zero-order chi connectivity index (χ0) is 14.3. The van der Waals surface area contributed by atoms with Gasteiger partial charge in [-0.1, -0.05) is 18.2 Å². The Morgan fingerprint density at radius 2 is 2.00 bits per heavy atom. The lowest BCUT2D eigenvalue weighted by Crippen LogP contribution is -2.40. The Labute approximate surface area is 117 Å². The molecule has 5 heteroatoms. The second-order valence-corrected chi connectivity index (χ2v) is 5.50. The van der Waals surface area contributed by atoms with Gasteiger partial charge in [-0.05, 0) is 25.8 Å². The number of hydrogen-bond donors (Lipinski definition) is 1.